The molecule has 0 aliphatic heterocycles. The third-order valence-electron chi connectivity index (χ3n) is 4.17. The summed E-state index contributed by atoms with van der Waals surface area (Å²) in [4.78, 5) is 1.34. The first-order valence-electron chi connectivity index (χ1n) is 7.46. The lowest BCUT2D eigenvalue weighted by Crippen LogP contribution is -2.15. The summed E-state index contributed by atoms with van der Waals surface area (Å²) in [6, 6.07) is 15.5. The van der Waals surface area contributed by atoms with E-state index in [1.54, 1.807) is 6.07 Å². The number of hydrogen-bond donors (Lipinski definition) is 2. The normalized spacial score (nSPS) is 22.1. The quantitative estimate of drug-likeness (QED) is 0.845. The molecular formula is C18H20O2S. The molecule has 0 unspecified atom stereocenters. The van der Waals surface area contributed by atoms with Crippen molar-refractivity contribution < 1.29 is 10.2 Å². The first-order valence-corrected chi connectivity index (χ1v) is 8.34. The van der Waals surface area contributed by atoms with Crippen molar-refractivity contribution in [1.82, 2.24) is 0 Å². The molecule has 2 N–H and O–H groups in total. The highest BCUT2D eigenvalue weighted by Gasteiger charge is 2.24. The summed E-state index contributed by atoms with van der Waals surface area (Å²) in [7, 11) is 0. The Morgan fingerprint density at radius 1 is 0.857 bits per heavy atom. The molecule has 1 fully saturated rings. The lowest BCUT2D eigenvalue weighted by Gasteiger charge is -2.28. The van der Waals surface area contributed by atoms with Crippen molar-refractivity contribution in [2.75, 3.05) is 0 Å². The molecule has 0 spiro atoms. The summed E-state index contributed by atoms with van der Waals surface area (Å²) in [5.74, 6) is 0.775. The van der Waals surface area contributed by atoms with Gasteiger partial charge in [-0.1, -0.05) is 24.3 Å². The van der Waals surface area contributed by atoms with Gasteiger partial charge in [-0.3, -0.25) is 0 Å². The molecule has 2 aromatic rings. The van der Waals surface area contributed by atoms with Gasteiger partial charge in [0.15, 0.2) is 0 Å². The summed E-state index contributed by atoms with van der Waals surface area (Å²) in [6.07, 6.45) is 4.54. The van der Waals surface area contributed by atoms with E-state index in [9.17, 15) is 10.2 Å². The van der Waals surface area contributed by atoms with Crippen molar-refractivity contribution in [3.63, 3.8) is 0 Å². The Morgan fingerprint density at radius 3 is 2.24 bits per heavy atom. The van der Waals surface area contributed by atoms with E-state index in [0.717, 1.165) is 18.4 Å². The van der Waals surface area contributed by atoms with Crippen LogP contribution in [0.15, 0.2) is 53.4 Å². The molecule has 0 heterocycles. The van der Waals surface area contributed by atoms with Crippen molar-refractivity contribution >= 4 is 11.8 Å². The number of hydrogen-bond acceptors (Lipinski definition) is 3. The summed E-state index contributed by atoms with van der Waals surface area (Å²) in [6.45, 7) is 0. The molecule has 3 heteroatoms. The highest BCUT2D eigenvalue weighted by molar-refractivity contribution is 8.00. The Bertz CT molecular complexity index is 589. The van der Waals surface area contributed by atoms with Crippen molar-refractivity contribution in [3.05, 3.63) is 54.1 Å². The minimum atomic E-state index is 0.129. The zero-order valence-corrected chi connectivity index (χ0v) is 12.7. The number of phenolic OH excluding ortho intramolecular Hbond substituents is 2. The Morgan fingerprint density at radius 2 is 1.57 bits per heavy atom. The smallest absolute Gasteiger partial charge is 0.122 e. The van der Waals surface area contributed by atoms with Gasteiger partial charge in [0.25, 0.3) is 0 Å². The standard InChI is InChI=1S/C18H20O2S/c19-14-8-11-17(18(20)12-14)13-6-9-16(10-7-13)21-15-4-2-1-3-5-15/h1-5,8,11-13,16,19-20H,6-7,9-10H2. The van der Waals surface area contributed by atoms with E-state index < -0.39 is 0 Å². The summed E-state index contributed by atoms with van der Waals surface area (Å²) in [5.41, 5.74) is 0.982. The van der Waals surface area contributed by atoms with Crippen LogP contribution < -0.4 is 0 Å². The molecule has 0 radical (unpaired) electrons. The zero-order chi connectivity index (χ0) is 14.7. The van der Waals surface area contributed by atoms with Crippen LogP contribution in [0.3, 0.4) is 0 Å². The van der Waals surface area contributed by atoms with E-state index >= 15 is 0 Å². The van der Waals surface area contributed by atoms with Crippen LogP contribution in [0.4, 0.5) is 0 Å². The van der Waals surface area contributed by atoms with Crippen LogP contribution in [0.2, 0.25) is 0 Å². The predicted octanol–water partition coefficient (Wildman–Crippen LogP) is 4.92. The molecular weight excluding hydrogens is 280 g/mol. The van der Waals surface area contributed by atoms with Gasteiger partial charge in [-0.2, -0.15) is 0 Å². The van der Waals surface area contributed by atoms with E-state index in [1.165, 1.54) is 23.8 Å². The van der Waals surface area contributed by atoms with Crippen molar-refractivity contribution in [3.8, 4) is 11.5 Å². The molecule has 0 bridgehead atoms. The topological polar surface area (TPSA) is 40.5 Å². The third-order valence-corrected chi connectivity index (χ3v) is 5.52. The Balaban J connectivity index is 1.60. The third kappa shape index (κ3) is 3.53. The maximum Gasteiger partial charge on any atom is 0.122 e. The molecule has 2 aromatic carbocycles. The van der Waals surface area contributed by atoms with Crippen LogP contribution in [-0.4, -0.2) is 15.5 Å². The summed E-state index contributed by atoms with van der Waals surface area (Å²) >= 11 is 1.97. The van der Waals surface area contributed by atoms with Crippen LogP contribution in [-0.2, 0) is 0 Å². The number of rotatable bonds is 3. The summed E-state index contributed by atoms with van der Waals surface area (Å²) < 4.78 is 0. The highest BCUT2D eigenvalue weighted by atomic mass is 32.2. The minimum Gasteiger partial charge on any atom is -0.508 e. The Hall–Kier alpha value is -1.61. The van der Waals surface area contributed by atoms with Gasteiger partial charge >= 0.3 is 0 Å². The second kappa shape index (κ2) is 6.44. The van der Waals surface area contributed by atoms with Crippen molar-refractivity contribution in [2.24, 2.45) is 0 Å². The number of phenols is 2. The van der Waals surface area contributed by atoms with Gasteiger partial charge in [-0.05, 0) is 55.4 Å². The van der Waals surface area contributed by atoms with Crippen molar-refractivity contribution in [2.45, 2.75) is 41.7 Å². The average Bonchev–Trinajstić information content (AvgIpc) is 2.49. The molecule has 1 aliphatic carbocycles. The molecule has 2 nitrogen and oxygen atoms in total. The lowest BCUT2D eigenvalue weighted by molar-refractivity contribution is 0.413. The molecule has 1 saturated carbocycles. The largest absolute Gasteiger partial charge is 0.508 e. The van der Waals surface area contributed by atoms with E-state index in [2.05, 4.69) is 30.3 Å². The van der Waals surface area contributed by atoms with Gasteiger partial charge in [0.1, 0.15) is 11.5 Å². The van der Waals surface area contributed by atoms with Gasteiger partial charge in [0, 0.05) is 16.2 Å². The van der Waals surface area contributed by atoms with Gasteiger partial charge in [-0.15, -0.1) is 11.8 Å². The maximum absolute atomic E-state index is 9.98. The molecule has 0 atom stereocenters. The molecule has 0 aromatic heterocycles. The van der Waals surface area contributed by atoms with Crippen LogP contribution >= 0.6 is 11.8 Å². The van der Waals surface area contributed by atoms with E-state index in [4.69, 9.17) is 0 Å². The van der Waals surface area contributed by atoms with Gasteiger partial charge in [0.05, 0.1) is 0 Å². The van der Waals surface area contributed by atoms with Crippen LogP contribution in [0.1, 0.15) is 37.2 Å². The minimum absolute atomic E-state index is 0.129. The monoisotopic (exact) mass is 300 g/mol. The number of benzene rings is 2. The van der Waals surface area contributed by atoms with Gasteiger partial charge in [0.2, 0.25) is 0 Å². The zero-order valence-electron chi connectivity index (χ0n) is 11.9. The fourth-order valence-electron chi connectivity index (χ4n) is 3.06. The fourth-order valence-corrected chi connectivity index (χ4v) is 4.27. The SMILES string of the molecule is Oc1ccc(C2CCC(Sc3ccccc3)CC2)c(O)c1. The number of aromatic hydroxyl groups is 2. The van der Waals surface area contributed by atoms with Gasteiger partial charge < -0.3 is 10.2 Å². The Labute approximate surface area is 129 Å². The molecule has 0 saturated heterocycles. The van der Waals surface area contributed by atoms with E-state index in [0.29, 0.717) is 11.2 Å². The number of thioether (sulfide) groups is 1. The second-order valence-corrected chi connectivity index (χ2v) is 7.02. The lowest BCUT2D eigenvalue weighted by atomic mass is 9.83. The molecule has 3 rings (SSSR count). The predicted molar refractivity (Wildman–Crippen MR) is 87.1 cm³/mol. The molecule has 21 heavy (non-hydrogen) atoms. The molecule has 0 amide bonds. The van der Waals surface area contributed by atoms with Crippen LogP contribution in [0.5, 0.6) is 11.5 Å². The van der Waals surface area contributed by atoms with E-state index in [1.807, 2.05) is 17.8 Å². The highest BCUT2D eigenvalue weighted by Crippen LogP contribution is 2.42. The van der Waals surface area contributed by atoms with Crippen LogP contribution in [0.25, 0.3) is 0 Å². The first-order chi connectivity index (χ1) is 10.2. The maximum atomic E-state index is 9.98. The fraction of sp³-hybridized carbons (Fsp3) is 0.333. The van der Waals surface area contributed by atoms with Crippen LogP contribution in [0, 0.1) is 0 Å². The molecule has 1 aliphatic rings. The average molecular weight is 300 g/mol. The molecule has 110 valence electrons. The van der Waals surface area contributed by atoms with Gasteiger partial charge in [-0.25, -0.2) is 0 Å². The Kier molecular flexibility index (Phi) is 4.39. The van der Waals surface area contributed by atoms with Crippen molar-refractivity contribution in [1.29, 1.82) is 0 Å². The van der Waals surface area contributed by atoms with E-state index in [-0.39, 0.29) is 11.5 Å². The summed E-state index contributed by atoms with van der Waals surface area (Å²) in [5, 5.41) is 20.0. The second-order valence-electron chi connectivity index (χ2n) is 5.65. The first kappa shape index (κ1) is 14.3.